The first kappa shape index (κ1) is 23.8. The Morgan fingerprint density at radius 3 is 2.53 bits per heavy atom. The van der Waals surface area contributed by atoms with Gasteiger partial charge in [0.15, 0.2) is 5.96 Å². The van der Waals surface area contributed by atoms with Crippen molar-refractivity contribution in [1.29, 1.82) is 0 Å². The molecule has 1 aromatic rings. The molecule has 3 fully saturated rings. The van der Waals surface area contributed by atoms with Crippen LogP contribution in [-0.4, -0.2) is 48.7 Å². The highest BCUT2D eigenvalue weighted by molar-refractivity contribution is 14.0. The molecule has 3 atom stereocenters. The standard InChI is InChI=1S/C24H38N4O.HI/c1-3-25-24(27-22-15-21-13-14-23(22)29-21)26-16-18-9-7-8-10-19(18)17-28(2)20-11-5-4-6-12-20;/h7-10,20-23H,3-6,11-17H2,1-2H3,(H2,25,26,27);1H. The second-order valence-corrected chi connectivity index (χ2v) is 9.03. The van der Waals surface area contributed by atoms with Gasteiger partial charge >= 0.3 is 0 Å². The molecule has 30 heavy (non-hydrogen) atoms. The Hall–Kier alpha value is -0.860. The zero-order valence-corrected chi connectivity index (χ0v) is 20.9. The molecule has 2 heterocycles. The number of benzene rings is 1. The summed E-state index contributed by atoms with van der Waals surface area (Å²) in [4.78, 5) is 7.48. The summed E-state index contributed by atoms with van der Waals surface area (Å²) in [6.45, 7) is 4.73. The molecule has 3 aliphatic rings. The van der Waals surface area contributed by atoms with E-state index in [1.165, 1.54) is 56.1 Å². The van der Waals surface area contributed by atoms with Crippen molar-refractivity contribution >= 4 is 29.9 Å². The number of fused-ring (bicyclic) bond motifs is 2. The minimum atomic E-state index is 0. The topological polar surface area (TPSA) is 48.9 Å². The SMILES string of the molecule is CCNC(=NCc1ccccc1CN(C)C1CCCCC1)NC1CC2CCC1O2.I. The Kier molecular flexibility index (Phi) is 9.26. The number of rotatable bonds is 7. The van der Waals surface area contributed by atoms with Crippen LogP contribution in [0.1, 0.15) is 69.4 Å². The highest BCUT2D eigenvalue weighted by atomic mass is 127. The quantitative estimate of drug-likeness (QED) is 0.313. The van der Waals surface area contributed by atoms with Crippen LogP contribution in [0.4, 0.5) is 0 Å². The van der Waals surface area contributed by atoms with Crippen molar-refractivity contribution in [1.82, 2.24) is 15.5 Å². The third-order valence-corrected chi connectivity index (χ3v) is 6.92. The lowest BCUT2D eigenvalue weighted by molar-refractivity contribution is 0.0992. The molecule has 2 saturated heterocycles. The number of ether oxygens (including phenoxy) is 1. The summed E-state index contributed by atoms with van der Waals surface area (Å²) in [7, 11) is 2.29. The van der Waals surface area contributed by atoms with Gasteiger partial charge in [0.2, 0.25) is 0 Å². The van der Waals surface area contributed by atoms with Crippen molar-refractivity contribution in [3.8, 4) is 0 Å². The molecule has 0 amide bonds. The molecule has 0 radical (unpaired) electrons. The molecule has 2 bridgehead atoms. The average Bonchev–Trinajstić information content (AvgIpc) is 3.37. The van der Waals surface area contributed by atoms with Crippen LogP contribution in [-0.2, 0) is 17.8 Å². The van der Waals surface area contributed by atoms with Crippen LogP contribution in [0.5, 0.6) is 0 Å². The van der Waals surface area contributed by atoms with Crippen molar-refractivity contribution in [2.24, 2.45) is 4.99 Å². The van der Waals surface area contributed by atoms with E-state index in [2.05, 4.69) is 53.8 Å². The van der Waals surface area contributed by atoms with Crippen molar-refractivity contribution in [2.45, 2.75) is 95.7 Å². The highest BCUT2D eigenvalue weighted by Crippen LogP contribution is 2.34. The molecular formula is C24H39IN4O. The molecule has 168 valence electrons. The van der Waals surface area contributed by atoms with Gasteiger partial charge in [-0.15, -0.1) is 24.0 Å². The fraction of sp³-hybridized carbons (Fsp3) is 0.708. The van der Waals surface area contributed by atoms with Gasteiger partial charge in [0, 0.05) is 19.1 Å². The Labute approximate surface area is 199 Å². The molecule has 0 spiro atoms. The van der Waals surface area contributed by atoms with Gasteiger partial charge in [-0.3, -0.25) is 4.90 Å². The highest BCUT2D eigenvalue weighted by Gasteiger charge is 2.41. The zero-order valence-electron chi connectivity index (χ0n) is 18.6. The Balaban J connectivity index is 0.00000256. The number of aliphatic imine (C=N–C) groups is 1. The van der Waals surface area contributed by atoms with Gasteiger partial charge in [-0.05, 0) is 57.2 Å². The third kappa shape index (κ3) is 6.10. The van der Waals surface area contributed by atoms with Gasteiger partial charge in [0.05, 0.1) is 24.8 Å². The van der Waals surface area contributed by atoms with Crippen molar-refractivity contribution in [3.05, 3.63) is 35.4 Å². The molecule has 4 rings (SSSR count). The van der Waals surface area contributed by atoms with E-state index >= 15 is 0 Å². The smallest absolute Gasteiger partial charge is 0.191 e. The minimum Gasteiger partial charge on any atom is -0.373 e. The lowest BCUT2D eigenvalue weighted by Crippen LogP contribution is -2.47. The van der Waals surface area contributed by atoms with E-state index in [0.29, 0.717) is 24.8 Å². The predicted octanol–water partition coefficient (Wildman–Crippen LogP) is 4.44. The molecule has 1 aliphatic carbocycles. The Morgan fingerprint density at radius 2 is 1.87 bits per heavy atom. The average molecular weight is 527 g/mol. The van der Waals surface area contributed by atoms with E-state index in [-0.39, 0.29) is 24.0 Å². The first-order chi connectivity index (χ1) is 14.2. The molecular weight excluding hydrogens is 487 g/mol. The van der Waals surface area contributed by atoms with E-state index in [1.807, 2.05) is 0 Å². The van der Waals surface area contributed by atoms with Crippen molar-refractivity contribution < 1.29 is 4.74 Å². The monoisotopic (exact) mass is 526 g/mol. The maximum Gasteiger partial charge on any atom is 0.191 e. The normalized spacial score (nSPS) is 26.6. The molecule has 5 nitrogen and oxygen atoms in total. The van der Waals surface area contributed by atoms with Crippen LogP contribution < -0.4 is 10.6 Å². The van der Waals surface area contributed by atoms with E-state index in [4.69, 9.17) is 9.73 Å². The predicted molar refractivity (Wildman–Crippen MR) is 134 cm³/mol. The molecule has 6 heteroatoms. The van der Waals surface area contributed by atoms with Crippen molar-refractivity contribution in [2.75, 3.05) is 13.6 Å². The summed E-state index contributed by atoms with van der Waals surface area (Å²) in [5, 5.41) is 7.06. The van der Waals surface area contributed by atoms with Crippen LogP contribution in [0.3, 0.4) is 0 Å². The molecule has 2 aliphatic heterocycles. The van der Waals surface area contributed by atoms with Crippen LogP contribution in [0.25, 0.3) is 0 Å². The first-order valence-corrected chi connectivity index (χ1v) is 11.7. The molecule has 1 saturated carbocycles. The van der Waals surface area contributed by atoms with Gasteiger partial charge < -0.3 is 15.4 Å². The first-order valence-electron chi connectivity index (χ1n) is 11.7. The molecule has 1 aromatic carbocycles. The summed E-state index contributed by atoms with van der Waals surface area (Å²) in [5.74, 6) is 0.920. The number of guanidine groups is 1. The molecule has 2 N–H and O–H groups in total. The molecule has 3 unspecified atom stereocenters. The number of hydrogen-bond donors (Lipinski definition) is 2. The Bertz CT molecular complexity index is 692. The lowest BCUT2D eigenvalue weighted by Gasteiger charge is -2.31. The van der Waals surface area contributed by atoms with E-state index in [0.717, 1.165) is 31.5 Å². The summed E-state index contributed by atoms with van der Waals surface area (Å²) in [5.41, 5.74) is 2.74. The van der Waals surface area contributed by atoms with Crippen LogP contribution >= 0.6 is 24.0 Å². The van der Waals surface area contributed by atoms with Gasteiger partial charge in [-0.1, -0.05) is 43.5 Å². The summed E-state index contributed by atoms with van der Waals surface area (Å²) in [6, 6.07) is 9.94. The number of nitrogens with zero attached hydrogens (tertiary/aromatic N) is 2. The van der Waals surface area contributed by atoms with E-state index in [1.54, 1.807) is 0 Å². The fourth-order valence-corrected chi connectivity index (χ4v) is 5.24. The zero-order chi connectivity index (χ0) is 20.1. The maximum atomic E-state index is 6.00. The van der Waals surface area contributed by atoms with Gasteiger partial charge in [0.1, 0.15) is 0 Å². The summed E-state index contributed by atoms with van der Waals surface area (Å²) in [6.07, 6.45) is 11.2. The Morgan fingerprint density at radius 1 is 1.10 bits per heavy atom. The van der Waals surface area contributed by atoms with E-state index in [9.17, 15) is 0 Å². The number of halogens is 1. The van der Waals surface area contributed by atoms with E-state index < -0.39 is 0 Å². The van der Waals surface area contributed by atoms with Gasteiger partial charge in [-0.25, -0.2) is 4.99 Å². The fourth-order valence-electron chi connectivity index (χ4n) is 5.24. The summed E-state index contributed by atoms with van der Waals surface area (Å²) >= 11 is 0. The van der Waals surface area contributed by atoms with Crippen molar-refractivity contribution in [3.63, 3.8) is 0 Å². The largest absolute Gasteiger partial charge is 0.373 e. The second kappa shape index (κ2) is 11.7. The second-order valence-electron chi connectivity index (χ2n) is 9.03. The van der Waals surface area contributed by atoms with Gasteiger partial charge in [-0.2, -0.15) is 0 Å². The third-order valence-electron chi connectivity index (χ3n) is 6.92. The lowest BCUT2D eigenvalue weighted by atomic mass is 9.94. The van der Waals surface area contributed by atoms with Crippen LogP contribution in [0.15, 0.2) is 29.3 Å². The molecule has 0 aromatic heterocycles. The van der Waals surface area contributed by atoms with Gasteiger partial charge in [0.25, 0.3) is 0 Å². The maximum absolute atomic E-state index is 6.00. The minimum absolute atomic E-state index is 0. The summed E-state index contributed by atoms with van der Waals surface area (Å²) < 4.78 is 6.00. The van der Waals surface area contributed by atoms with Crippen LogP contribution in [0.2, 0.25) is 0 Å². The number of nitrogens with one attached hydrogen (secondary N) is 2. The number of hydrogen-bond acceptors (Lipinski definition) is 3. The van der Waals surface area contributed by atoms with Crippen LogP contribution in [0, 0.1) is 0 Å².